The van der Waals surface area contributed by atoms with Gasteiger partial charge in [0.25, 0.3) is 5.91 Å². The third-order valence-electron chi connectivity index (χ3n) is 2.93. The van der Waals surface area contributed by atoms with Gasteiger partial charge in [-0.2, -0.15) is 5.10 Å². The molecule has 19 heavy (non-hydrogen) atoms. The number of hydrogen-bond donors (Lipinski definition) is 1. The number of aromatic nitrogens is 3. The number of aryl methyl sites for hydroxylation is 1. The molecule has 3 heterocycles. The number of nitrogens with zero attached hydrogens (tertiary/aromatic N) is 3. The van der Waals surface area contributed by atoms with E-state index in [2.05, 4.69) is 15.4 Å². The average Bonchev–Trinajstić information content (AvgIpc) is 2.81. The second kappa shape index (κ2) is 4.72. The van der Waals surface area contributed by atoms with E-state index in [4.69, 9.17) is 4.74 Å². The van der Waals surface area contributed by atoms with E-state index >= 15 is 0 Å². The highest BCUT2D eigenvalue weighted by atomic mass is 16.5. The molecule has 1 N–H and O–H groups in total. The van der Waals surface area contributed by atoms with Crippen LogP contribution in [0.2, 0.25) is 0 Å². The topological polar surface area (TPSA) is 69.0 Å². The number of carbonyl (C=O) groups excluding carboxylic acids is 1. The lowest BCUT2D eigenvalue weighted by Crippen LogP contribution is -2.35. The Morgan fingerprint density at radius 1 is 1.47 bits per heavy atom. The second-order valence-electron chi connectivity index (χ2n) is 4.46. The molecule has 1 aliphatic rings. The quantitative estimate of drug-likeness (QED) is 0.888. The summed E-state index contributed by atoms with van der Waals surface area (Å²) in [6.07, 6.45) is 1.70. The number of rotatable bonds is 3. The molecule has 6 heteroatoms. The van der Waals surface area contributed by atoms with Gasteiger partial charge in [0.2, 0.25) is 5.88 Å². The second-order valence-corrected chi connectivity index (χ2v) is 4.46. The summed E-state index contributed by atoms with van der Waals surface area (Å²) < 4.78 is 7.28. The molecule has 1 amide bonds. The molecule has 0 aliphatic carbocycles. The highest BCUT2D eigenvalue weighted by Crippen LogP contribution is 2.12. The van der Waals surface area contributed by atoms with Gasteiger partial charge in [0.1, 0.15) is 18.0 Å². The van der Waals surface area contributed by atoms with E-state index in [1.807, 2.05) is 19.1 Å². The van der Waals surface area contributed by atoms with Crippen molar-refractivity contribution in [3.8, 4) is 5.88 Å². The van der Waals surface area contributed by atoms with Gasteiger partial charge in [-0.25, -0.2) is 4.98 Å². The number of hydrogen-bond acceptors (Lipinski definition) is 4. The molecule has 6 nitrogen and oxygen atoms in total. The summed E-state index contributed by atoms with van der Waals surface area (Å²) in [5.41, 5.74) is 2.41. The van der Waals surface area contributed by atoms with Crippen LogP contribution in [0.4, 0.5) is 0 Å². The molecule has 0 aromatic carbocycles. The maximum atomic E-state index is 11.6. The zero-order valence-electron chi connectivity index (χ0n) is 10.6. The lowest BCUT2D eigenvalue weighted by molar-refractivity contribution is 0.0924. The van der Waals surface area contributed by atoms with Crippen LogP contribution in [0.1, 0.15) is 21.7 Å². The minimum Gasteiger partial charge on any atom is -0.471 e. The number of carbonyl (C=O) groups is 1. The molecule has 0 spiro atoms. The molecule has 0 unspecified atom stereocenters. The third kappa shape index (κ3) is 2.42. The Morgan fingerprint density at radius 2 is 2.37 bits per heavy atom. The summed E-state index contributed by atoms with van der Waals surface area (Å²) >= 11 is 0. The number of pyridine rings is 1. The summed E-state index contributed by atoms with van der Waals surface area (Å²) in [6, 6.07) is 5.53. The van der Waals surface area contributed by atoms with E-state index < -0.39 is 0 Å². The molecule has 2 aromatic rings. The highest BCUT2D eigenvalue weighted by molar-refractivity contribution is 5.93. The summed E-state index contributed by atoms with van der Waals surface area (Å²) in [4.78, 5) is 15.7. The molecule has 0 bridgehead atoms. The number of fused-ring (bicyclic) bond motifs is 1. The maximum absolute atomic E-state index is 11.6. The summed E-state index contributed by atoms with van der Waals surface area (Å²) in [6.45, 7) is 3.61. The number of amides is 1. The minimum absolute atomic E-state index is 0.0846. The average molecular weight is 258 g/mol. The van der Waals surface area contributed by atoms with Crippen molar-refractivity contribution in [2.24, 2.45) is 0 Å². The van der Waals surface area contributed by atoms with E-state index in [1.165, 1.54) is 0 Å². The highest BCUT2D eigenvalue weighted by Gasteiger charge is 2.19. The van der Waals surface area contributed by atoms with Crippen LogP contribution in [0.15, 0.2) is 24.4 Å². The summed E-state index contributed by atoms with van der Waals surface area (Å²) in [5, 5.41) is 7.12. The van der Waals surface area contributed by atoms with Gasteiger partial charge in [-0.15, -0.1) is 0 Å². The van der Waals surface area contributed by atoms with Crippen molar-refractivity contribution in [2.75, 3.05) is 6.54 Å². The van der Waals surface area contributed by atoms with Gasteiger partial charge in [-0.05, 0) is 24.6 Å². The molecule has 1 aliphatic heterocycles. The van der Waals surface area contributed by atoms with Crippen LogP contribution < -0.4 is 10.1 Å². The van der Waals surface area contributed by atoms with Crippen LogP contribution in [-0.4, -0.2) is 27.2 Å². The molecule has 0 atom stereocenters. The molecule has 3 rings (SSSR count). The van der Waals surface area contributed by atoms with Gasteiger partial charge >= 0.3 is 0 Å². The normalized spacial score (nSPS) is 13.8. The van der Waals surface area contributed by atoms with E-state index in [0.29, 0.717) is 31.3 Å². The largest absolute Gasteiger partial charge is 0.471 e. The van der Waals surface area contributed by atoms with E-state index in [1.54, 1.807) is 16.9 Å². The van der Waals surface area contributed by atoms with Gasteiger partial charge in [-0.3, -0.25) is 9.48 Å². The minimum atomic E-state index is -0.0846. The van der Waals surface area contributed by atoms with Crippen molar-refractivity contribution in [1.29, 1.82) is 0 Å². The van der Waals surface area contributed by atoms with Crippen LogP contribution >= 0.6 is 0 Å². The van der Waals surface area contributed by atoms with Crippen molar-refractivity contribution in [1.82, 2.24) is 20.1 Å². The lowest BCUT2D eigenvalue weighted by atomic mass is 10.3. The predicted octanol–water partition coefficient (Wildman–Crippen LogP) is 0.909. The first-order valence-electron chi connectivity index (χ1n) is 6.13. The Balaban J connectivity index is 1.72. The summed E-state index contributed by atoms with van der Waals surface area (Å²) in [5.74, 6) is 0.481. The van der Waals surface area contributed by atoms with Crippen LogP contribution in [-0.2, 0) is 13.2 Å². The number of ether oxygens (including phenoxy) is 1. The Kier molecular flexibility index (Phi) is 2.91. The molecule has 0 saturated carbocycles. The maximum Gasteiger partial charge on any atom is 0.269 e. The Hall–Kier alpha value is -2.37. The molecule has 0 saturated heterocycles. The SMILES string of the molecule is Cc1ccnc(OCc2cc3n(n2)CCNC3=O)c1. The van der Waals surface area contributed by atoms with Crippen molar-refractivity contribution in [3.63, 3.8) is 0 Å². The lowest BCUT2D eigenvalue weighted by Gasteiger charge is -2.13. The zero-order valence-corrected chi connectivity index (χ0v) is 10.6. The predicted molar refractivity (Wildman–Crippen MR) is 67.9 cm³/mol. The van der Waals surface area contributed by atoms with Crippen LogP contribution in [0.3, 0.4) is 0 Å². The monoisotopic (exact) mass is 258 g/mol. The molecule has 98 valence electrons. The van der Waals surface area contributed by atoms with Gasteiger partial charge in [-0.1, -0.05) is 0 Å². The number of nitrogens with one attached hydrogen (secondary N) is 1. The van der Waals surface area contributed by atoms with E-state index in [9.17, 15) is 4.79 Å². The zero-order chi connectivity index (χ0) is 13.2. The fourth-order valence-corrected chi connectivity index (χ4v) is 2.00. The molecule has 2 aromatic heterocycles. The summed E-state index contributed by atoms with van der Waals surface area (Å²) in [7, 11) is 0. The standard InChI is InChI=1S/C13H14N4O2/c1-9-2-3-14-12(6-9)19-8-10-7-11-13(18)15-4-5-17(11)16-10/h2-3,6-7H,4-5,8H2,1H3,(H,15,18). The van der Waals surface area contributed by atoms with Crippen molar-refractivity contribution < 1.29 is 9.53 Å². The fourth-order valence-electron chi connectivity index (χ4n) is 2.00. The van der Waals surface area contributed by atoms with Gasteiger partial charge in [0.05, 0.1) is 6.54 Å². The molecule has 0 radical (unpaired) electrons. The van der Waals surface area contributed by atoms with Crippen molar-refractivity contribution in [3.05, 3.63) is 41.3 Å². The van der Waals surface area contributed by atoms with Crippen LogP contribution in [0.25, 0.3) is 0 Å². The van der Waals surface area contributed by atoms with Gasteiger partial charge in [0.15, 0.2) is 0 Å². The third-order valence-corrected chi connectivity index (χ3v) is 2.93. The van der Waals surface area contributed by atoms with Crippen LogP contribution in [0.5, 0.6) is 5.88 Å². The Morgan fingerprint density at radius 3 is 3.16 bits per heavy atom. The molecular formula is C13H14N4O2. The van der Waals surface area contributed by atoms with Gasteiger partial charge < -0.3 is 10.1 Å². The Labute approximate surface area is 110 Å². The van der Waals surface area contributed by atoms with Crippen molar-refractivity contribution >= 4 is 5.91 Å². The molecular weight excluding hydrogens is 244 g/mol. The van der Waals surface area contributed by atoms with Crippen molar-refractivity contribution in [2.45, 2.75) is 20.1 Å². The van der Waals surface area contributed by atoms with Gasteiger partial charge in [0, 0.05) is 18.8 Å². The smallest absolute Gasteiger partial charge is 0.269 e. The first-order chi connectivity index (χ1) is 9.22. The van der Waals surface area contributed by atoms with E-state index in [0.717, 1.165) is 11.3 Å². The first kappa shape index (κ1) is 11.7. The Bertz CT molecular complexity index is 621. The first-order valence-corrected chi connectivity index (χ1v) is 6.13. The van der Waals surface area contributed by atoms with Crippen LogP contribution in [0, 0.1) is 6.92 Å². The van der Waals surface area contributed by atoms with E-state index in [-0.39, 0.29) is 5.91 Å². The fraction of sp³-hybridized carbons (Fsp3) is 0.308. The molecule has 0 fully saturated rings.